The van der Waals surface area contributed by atoms with Gasteiger partial charge in [-0.25, -0.2) is 4.79 Å². The van der Waals surface area contributed by atoms with Crippen molar-refractivity contribution in [3.8, 4) is 0 Å². The lowest BCUT2D eigenvalue weighted by Crippen LogP contribution is -2.53. The maximum absolute atomic E-state index is 13.1. The first kappa shape index (κ1) is 17.7. The number of halogens is 1. The number of benzene rings is 2. The van der Waals surface area contributed by atoms with Crippen molar-refractivity contribution < 1.29 is 19.2 Å². The normalized spacial score (nSPS) is 30.3. The van der Waals surface area contributed by atoms with E-state index in [0.717, 1.165) is 11.1 Å². The Hall–Kier alpha value is -2.66. The fourth-order valence-corrected chi connectivity index (χ4v) is 4.68. The molecule has 2 aromatic rings. The maximum Gasteiger partial charge on any atom is 0.349 e. The van der Waals surface area contributed by atoms with Gasteiger partial charge in [-0.3, -0.25) is 9.59 Å². The van der Waals surface area contributed by atoms with Crippen LogP contribution < -0.4 is 5.48 Å². The Kier molecular flexibility index (Phi) is 4.27. The van der Waals surface area contributed by atoms with Gasteiger partial charge in [0.2, 0.25) is 0 Å². The SMILES string of the molecule is C[C@H]1C(=O)CC(c2ccc(Cl)cc2)C2(C(=O)NOC2=O)[C@@H]1c1ccccc1. The molecule has 27 heavy (non-hydrogen) atoms. The van der Waals surface area contributed by atoms with E-state index >= 15 is 0 Å². The van der Waals surface area contributed by atoms with E-state index in [2.05, 4.69) is 5.48 Å². The van der Waals surface area contributed by atoms with Crippen molar-refractivity contribution in [2.75, 3.05) is 0 Å². The first-order valence-corrected chi connectivity index (χ1v) is 9.19. The molecule has 1 aliphatic carbocycles. The molecule has 2 fully saturated rings. The summed E-state index contributed by atoms with van der Waals surface area (Å²) >= 11 is 6.00. The van der Waals surface area contributed by atoms with Crippen LogP contribution in [-0.4, -0.2) is 17.7 Å². The summed E-state index contributed by atoms with van der Waals surface area (Å²) in [6.45, 7) is 1.78. The summed E-state index contributed by atoms with van der Waals surface area (Å²) in [5.41, 5.74) is 2.24. The quantitative estimate of drug-likeness (QED) is 0.807. The van der Waals surface area contributed by atoms with Crippen LogP contribution in [0.3, 0.4) is 0 Å². The van der Waals surface area contributed by atoms with Gasteiger partial charge in [-0.2, -0.15) is 5.48 Å². The monoisotopic (exact) mass is 383 g/mol. The number of Topliss-reactive ketones (excluding diaryl/α,β-unsaturated/α-hetero) is 1. The summed E-state index contributed by atoms with van der Waals surface area (Å²) in [4.78, 5) is 43.9. The smallest absolute Gasteiger partial charge is 0.339 e. The molecule has 1 saturated heterocycles. The lowest BCUT2D eigenvalue weighted by molar-refractivity contribution is -0.156. The topological polar surface area (TPSA) is 72.5 Å². The molecular weight excluding hydrogens is 366 g/mol. The molecule has 0 aromatic heterocycles. The number of rotatable bonds is 2. The summed E-state index contributed by atoms with van der Waals surface area (Å²) in [5, 5.41) is 0.543. The van der Waals surface area contributed by atoms with Gasteiger partial charge >= 0.3 is 5.97 Å². The Morgan fingerprint density at radius 2 is 1.67 bits per heavy atom. The first-order chi connectivity index (χ1) is 13.0. The standard InChI is InChI=1S/C21H18ClNO4/c1-12-17(24)11-16(13-7-9-15(22)10-8-13)21(19(25)23-27-20(21)26)18(12)14-5-3-2-4-6-14/h2-10,12,16,18H,11H2,1H3,(H,23,25)/t12-,16?,18-,21?/m0/s1. The second kappa shape index (κ2) is 6.50. The van der Waals surface area contributed by atoms with Crippen molar-refractivity contribution in [1.82, 2.24) is 5.48 Å². The van der Waals surface area contributed by atoms with E-state index in [-0.39, 0.29) is 12.2 Å². The van der Waals surface area contributed by atoms with Crippen LogP contribution in [0, 0.1) is 11.3 Å². The summed E-state index contributed by atoms with van der Waals surface area (Å²) in [7, 11) is 0. The van der Waals surface area contributed by atoms with Gasteiger partial charge in [0.25, 0.3) is 5.91 Å². The average Bonchev–Trinajstić information content (AvgIpc) is 2.96. The Balaban J connectivity index is 1.96. The summed E-state index contributed by atoms with van der Waals surface area (Å²) < 4.78 is 0. The van der Waals surface area contributed by atoms with Gasteiger partial charge < -0.3 is 4.84 Å². The maximum atomic E-state index is 13.1. The van der Waals surface area contributed by atoms with E-state index in [9.17, 15) is 14.4 Å². The molecule has 0 radical (unpaired) electrons. The van der Waals surface area contributed by atoms with Crippen LogP contribution in [0.15, 0.2) is 54.6 Å². The van der Waals surface area contributed by atoms with Gasteiger partial charge in [0.05, 0.1) is 0 Å². The van der Waals surface area contributed by atoms with Crippen molar-refractivity contribution >= 4 is 29.3 Å². The Labute approximate surface area is 161 Å². The predicted molar refractivity (Wildman–Crippen MR) is 98.8 cm³/mol. The average molecular weight is 384 g/mol. The molecule has 1 aliphatic heterocycles. The molecule has 2 aliphatic rings. The highest BCUT2D eigenvalue weighted by atomic mass is 35.5. The molecule has 1 spiro atoms. The van der Waals surface area contributed by atoms with Crippen molar-refractivity contribution in [3.05, 3.63) is 70.7 Å². The molecule has 5 nitrogen and oxygen atoms in total. The molecule has 1 amide bonds. The highest BCUT2D eigenvalue weighted by Gasteiger charge is 2.67. The van der Waals surface area contributed by atoms with Gasteiger partial charge in [0.1, 0.15) is 5.78 Å². The van der Waals surface area contributed by atoms with Crippen LogP contribution in [0.2, 0.25) is 5.02 Å². The number of nitrogens with one attached hydrogen (secondary N) is 1. The Morgan fingerprint density at radius 1 is 1.00 bits per heavy atom. The zero-order chi connectivity index (χ0) is 19.2. The fraction of sp³-hybridized carbons (Fsp3) is 0.286. The third-order valence-electron chi connectivity index (χ3n) is 5.83. The summed E-state index contributed by atoms with van der Waals surface area (Å²) in [6, 6.07) is 16.1. The van der Waals surface area contributed by atoms with E-state index in [1.54, 1.807) is 31.2 Å². The van der Waals surface area contributed by atoms with Crippen LogP contribution in [0.5, 0.6) is 0 Å². The minimum absolute atomic E-state index is 0.0157. The van der Waals surface area contributed by atoms with Crippen LogP contribution in [0.4, 0.5) is 0 Å². The summed E-state index contributed by atoms with van der Waals surface area (Å²) in [6.07, 6.45) is 0.0919. The molecule has 1 heterocycles. The number of amides is 1. The number of carbonyl (C=O) groups is 3. The van der Waals surface area contributed by atoms with Crippen molar-refractivity contribution in [2.45, 2.75) is 25.2 Å². The fourth-order valence-electron chi connectivity index (χ4n) is 4.56. The molecule has 6 heteroatoms. The molecule has 1 N–H and O–H groups in total. The molecule has 1 saturated carbocycles. The molecule has 2 aromatic carbocycles. The second-order valence-corrected chi connectivity index (χ2v) is 7.58. The van der Waals surface area contributed by atoms with E-state index in [1.165, 1.54) is 0 Å². The lowest BCUT2D eigenvalue weighted by atomic mass is 9.53. The van der Waals surface area contributed by atoms with Gasteiger partial charge in [-0.1, -0.05) is 61.0 Å². The molecule has 138 valence electrons. The third-order valence-corrected chi connectivity index (χ3v) is 6.09. The molecular formula is C21H18ClNO4. The van der Waals surface area contributed by atoms with Gasteiger partial charge in [-0.15, -0.1) is 0 Å². The zero-order valence-electron chi connectivity index (χ0n) is 14.6. The molecule has 4 rings (SSSR count). The lowest BCUT2D eigenvalue weighted by Gasteiger charge is -2.45. The van der Waals surface area contributed by atoms with Gasteiger partial charge in [0.15, 0.2) is 5.41 Å². The van der Waals surface area contributed by atoms with E-state index in [1.807, 2.05) is 30.3 Å². The van der Waals surface area contributed by atoms with Crippen molar-refractivity contribution in [1.29, 1.82) is 0 Å². The van der Waals surface area contributed by atoms with Crippen LogP contribution in [0.1, 0.15) is 36.3 Å². The third kappa shape index (κ3) is 2.57. The van der Waals surface area contributed by atoms with Gasteiger partial charge in [-0.05, 0) is 23.3 Å². The van der Waals surface area contributed by atoms with Gasteiger partial charge in [0, 0.05) is 29.2 Å². The Bertz CT molecular complexity index is 894. The highest BCUT2D eigenvalue weighted by Crippen LogP contribution is 2.58. The minimum atomic E-state index is -1.50. The van der Waals surface area contributed by atoms with Crippen molar-refractivity contribution in [2.24, 2.45) is 11.3 Å². The molecule has 2 unspecified atom stereocenters. The molecule has 0 bridgehead atoms. The number of hydrogen-bond donors (Lipinski definition) is 1. The minimum Gasteiger partial charge on any atom is -0.339 e. The highest BCUT2D eigenvalue weighted by molar-refractivity contribution is 6.30. The molecule has 4 atom stereocenters. The number of hydroxylamine groups is 1. The number of ketones is 1. The van der Waals surface area contributed by atoms with E-state index in [0.29, 0.717) is 5.02 Å². The van der Waals surface area contributed by atoms with Crippen molar-refractivity contribution in [3.63, 3.8) is 0 Å². The largest absolute Gasteiger partial charge is 0.349 e. The van der Waals surface area contributed by atoms with Crippen LogP contribution >= 0.6 is 11.6 Å². The van der Waals surface area contributed by atoms with E-state index < -0.39 is 35.0 Å². The zero-order valence-corrected chi connectivity index (χ0v) is 15.4. The van der Waals surface area contributed by atoms with Crippen LogP contribution in [-0.2, 0) is 19.2 Å². The summed E-state index contributed by atoms with van der Waals surface area (Å²) in [5.74, 6) is -2.86. The second-order valence-electron chi connectivity index (χ2n) is 7.14. The number of hydrogen-bond acceptors (Lipinski definition) is 4. The van der Waals surface area contributed by atoms with Crippen LogP contribution in [0.25, 0.3) is 0 Å². The van der Waals surface area contributed by atoms with E-state index in [4.69, 9.17) is 16.4 Å². The number of carbonyl (C=O) groups excluding carboxylic acids is 3. The predicted octanol–water partition coefficient (Wildman–Crippen LogP) is 3.39. The first-order valence-electron chi connectivity index (χ1n) is 8.81. The Morgan fingerprint density at radius 3 is 2.26 bits per heavy atom.